The van der Waals surface area contributed by atoms with Crippen LogP contribution in [0.15, 0.2) is 47.7 Å². The Morgan fingerprint density at radius 1 is 1.11 bits per heavy atom. The molecule has 84 valence electrons. The summed E-state index contributed by atoms with van der Waals surface area (Å²) in [7, 11) is 0. The molecule has 0 amide bonds. The number of fused-ring (bicyclic) bond motifs is 1. The van der Waals surface area contributed by atoms with E-state index in [1.807, 2.05) is 30.3 Å². The Hall–Kier alpha value is -1.92. The zero-order valence-electron chi connectivity index (χ0n) is 9.32. The summed E-state index contributed by atoms with van der Waals surface area (Å²) in [5.41, 5.74) is 0.214. The normalized spacial score (nSPS) is 10.7. The van der Waals surface area contributed by atoms with E-state index in [4.69, 9.17) is 0 Å². The second kappa shape index (κ2) is 4.39. The van der Waals surface area contributed by atoms with Crippen molar-refractivity contribution in [3.05, 3.63) is 53.3 Å². The van der Waals surface area contributed by atoms with Gasteiger partial charge in [-0.1, -0.05) is 0 Å². The number of rotatable bonds is 1. The molecule has 0 saturated carbocycles. The Labute approximate surface area is 113 Å². The third-order valence-electron chi connectivity index (χ3n) is 2.62. The van der Waals surface area contributed by atoms with E-state index in [-0.39, 0.29) is 0 Å². The van der Waals surface area contributed by atoms with E-state index >= 15 is 0 Å². The molecule has 0 bridgehead atoms. The van der Waals surface area contributed by atoms with E-state index in [2.05, 4.69) is 15.0 Å². The molecule has 0 saturated heterocycles. The van der Waals surface area contributed by atoms with Gasteiger partial charge in [0, 0.05) is 0 Å². The van der Waals surface area contributed by atoms with Gasteiger partial charge in [0.2, 0.25) is 0 Å². The number of nitrogens with zero attached hydrogens (tertiary/aromatic N) is 4. The van der Waals surface area contributed by atoms with Crippen LogP contribution in [-0.2, 0) is 0 Å². The monoisotopic (exact) mass is 292 g/mol. The molecule has 0 aliphatic heterocycles. The number of aromatic nitrogens is 4. The van der Waals surface area contributed by atoms with Crippen LogP contribution in [0.5, 0.6) is 0 Å². The molecule has 6 heteroatoms. The Morgan fingerprint density at radius 3 is 2.83 bits per heavy atom. The molecule has 0 aliphatic carbocycles. The standard InChI is InChI=1S/C12H8N4O.Ga/c17-12-15-7-14-11(16-12)10-9-4-2-1-3-8(9)5-6-13-10;/h1-7H,(H,14,15,16,17);/q;+1/p-1. The molecule has 2 aromatic heterocycles. The molecule has 1 aromatic carbocycles. The summed E-state index contributed by atoms with van der Waals surface area (Å²) in [6.07, 6.45) is 3.20. The van der Waals surface area contributed by atoms with Gasteiger partial charge in [0.15, 0.2) is 0 Å². The van der Waals surface area contributed by atoms with Crippen molar-refractivity contribution in [1.82, 2.24) is 18.2 Å². The molecule has 0 spiro atoms. The second-order valence-corrected chi connectivity index (χ2v) is 4.92. The summed E-state index contributed by atoms with van der Waals surface area (Å²) in [6.45, 7) is 0. The molecule has 2 radical (unpaired) electrons. The van der Waals surface area contributed by atoms with Gasteiger partial charge in [0.05, 0.1) is 0 Å². The van der Waals surface area contributed by atoms with Crippen LogP contribution in [0.3, 0.4) is 0 Å². The van der Waals surface area contributed by atoms with Crippen LogP contribution in [-0.4, -0.2) is 37.1 Å². The van der Waals surface area contributed by atoms with Crippen molar-refractivity contribution in [2.75, 3.05) is 0 Å². The fourth-order valence-electron chi connectivity index (χ4n) is 1.82. The Bertz CT molecular complexity index is 779. The molecule has 5 nitrogen and oxygen atoms in total. The summed E-state index contributed by atoms with van der Waals surface area (Å²) in [5, 5.41) is 2.05. The predicted molar refractivity (Wildman–Crippen MR) is 68.2 cm³/mol. The van der Waals surface area contributed by atoms with Gasteiger partial charge in [-0.2, -0.15) is 0 Å². The van der Waals surface area contributed by atoms with E-state index < -0.39 is 5.69 Å². The van der Waals surface area contributed by atoms with Gasteiger partial charge in [-0.05, 0) is 0 Å². The van der Waals surface area contributed by atoms with E-state index in [1.165, 1.54) is 25.2 Å². The summed E-state index contributed by atoms with van der Waals surface area (Å²) in [5.74, 6) is 0.548. The number of benzene rings is 1. The molecular weight excluding hydrogens is 286 g/mol. The fraction of sp³-hybridized carbons (Fsp3) is 0. The van der Waals surface area contributed by atoms with Crippen LogP contribution in [0.1, 0.15) is 0 Å². The van der Waals surface area contributed by atoms with Crippen LogP contribution in [0.2, 0.25) is 0 Å². The molecule has 3 rings (SSSR count). The molecular formula is C12H7GaN4O. The number of pyridine rings is 1. The van der Waals surface area contributed by atoms with Crippen LogP contribution >= 0.6 is 0 Å². The zero-order chi connectivity index (χ0) is 12.5. The third kappa shape index (κ3) is 1.85. The van der Waals surface area contributed by atoms with Crippen molar-refractivity contribution in [1.29, 1.82) is 0 Å². The minimum atomic E-state index is -0.492. The molecule has 3 aromatic rings. The number of hydrogen-bond acceptors (Lipinski definition) is 4. The Kier molecular flexibility index (Phi) is 2.73. The zero-order valence-corrected chi connectivity index (χ0v) is 11.7. The summed E-state index contributed by atoms with van der Waals surface area (Å²) in [4.78, 5) is 23.2. The van der Waals surface area contributed by atoms with Gasteiger partial charge in [-0.3, -0.25) is 0 Å². The summed E-state index contributed by atoms with van der Waals surface area (Å²) < 4.78 is 1.75. The molecule has 0 atom stereocenters. The van der Waals surface area contributed by atoms with Crippen molar-refractivity contribution in [2.24, 2.45) is 0 Å². The number of hydrogen-bond donors (Lipinski definition) is 0. The first-order valence-corrected chi connectivity index (χ1v) is 6.39. The topological polar surface area (TPSA) is 60.7 Å². The Balaban J connectivity index is 2.38. The Morgan fingerprint density at radius 2 is 1.94 bits per heavy atom. The van der Waals surface area contributed by atoms with Gasteiger partial charge in [-0.15, -0.1) is 0 Å². The fourth-order valence-corrected chi connectivity index (χ4v) is 2.33. The van der Waals surface area contributed by atoms with E-state index in [9.17, 15) is 4.79 Å². The van der Waals surface area contributed by atoms with Crippen molar-refractivity contribution in [3.63, 3.8) is 0 Å². The van der Waals surface area contributed by atoms with Crippen molar-refractivity contribution >= 4 is 29.6 Å². The maximum atomic E-state index is 11.3. The van der Waals surface area contributed by atoms with Gasteiger partial charge >= 0.3 is 113 Å². The van der Waals surface area contributed by atoms with Gasteiger partial charge in [0.25, 0.3) is 0 Å². The molecule has 2 heterocycles. The molecule has 0 unspecified atom stereocenters. The first kappa shape index (κ1) is 11.2. The summed E-state index contributed by atoms with van der Waals surface area (Å²) >= 11 is 1.30. The van der Waals surface area contributed by atoms with Crippen molar-refractivity contribution in [2.45, 2.75) is 0 Å². The van der Waals surface area contributed by atoms with E-state index in [0.717, 1.165) is 10.8 Å². The SMILES string of the molecule is O=c1nc[n]([Ga])c(-c2nccc3ccccc23)n1. The van der Waals surface area contributed by atoms with Gasteiger partial charge < -0.3 is 0 Å². The maximum absolute atomic E-state index is 11.3. The van der Waals surface area contributed by atoms with Crippen LogP contribution < -0.4 is 5.69 Å². The van der Waals surface area contributed by atoms with Crippen molar-refractivity contribution < 1.29 is 0 Å². The molecule has 18 heavy (non-hydrogen) atoms. The molecule has 0 aliphatic rings. The minimum absolute atomic E-state index is 0.492. The van der Waals surface area contributed by atoms with Crippen LogP contribution in [0.4, 0.5) is 0 Å². The molecule has 0 fully saturated rings. The van der Waals surface area contributed by atoms with Crippen LogP contribution in [0.25, 0.3) is 22.3 Å². The van der Waals surface area contributed by atoms with Crippen LogP contribution in [0, 0.1) is 0 Å². The predicted octanol–water partition coefficient (Wildman–Crippen LogP) is 0.785. The van der Waals surface area contributed by atoms with Gasteiger partial charge in [0.1, 0.15) is 0 Å². The second-order valence-electron chi connectivity index (χ2n) is 3.75. The first-order valence-electron chi connectivity index (χ1n) is 5.30. The average molecular weight is 293 g/mol. The van der Waals surface area contributed by atoms with Crippen molar-refractivity contribution in [3.8, 4) is 11.5 Å². The first-order chi connectivity index (χ1) is 8.75. The van der Waals surface area contributed by atoms with E-state index in [0.29, 0.717) is 11.5 Å². The average Bonchev–Trinajstić information content (AvgIpc) is 2.41. The third-order valence-corrected chi connectivity index (χ3v) is 3.42. The van der Waals surface area contributed by atoms with Gasteiger partial charge in [-0.25, -0.2) is 0 Å². The van der Waals surface area contributed by atoms with E-state index in [1.54, 1.807) is 9.47 Å². The quantitative estimate of drug-likeness (QED) is 0.622. The summed E-state index contributed by atoms with van der Waals surface area (Å²) in [6, 6.07) is 9.82. The molecule has 0 N–H and O–H groups in total.